The summed E-state index contributed by atoms with van der Waals surface area (Å²) in [6, 6.07) is 0. The second-order valence-electron chi connectivity index (χ2n) is 12.2. The van der Waals surface area contributed by atoms with Crippen molar-refractivity contribution >= 4 is 5.78 Å². The fourth-order valence-corrected chi connectivity index (χ4v) is 8.41. The van der Waals surface area contributed by atoms with E-state index in [9.17, 15) is 9.90 Å². The van der Waals surface area contributed by atoms with Crippen molar-refractivity contribution in [2.75, 3.05) is 0 Å². The Balaban J connectivity index is 0.00000256. The third kappa shape index (κ3) is 4.32. The molecule has 1 radical (unpaired) electrons. The van der Waals surface area contributed by atoms with Crippen LogP contribution in [0.5, 0.6) is 0 Å². The smallest absolute Gasteiger partial charge is 0.159 e. The van der Waals surface area contributed by atoms with Crippen LogP contribution < -0.4 is 0 Å². The van der Waals surface area contributed by atoms with Crippen LogP contribution in [0, 0.1) is 90.4 Å². The van der Waals surface area contributed by atoms with Gasteiger partial charge in [0.2, 0.25) is 0 Å². The van der Waals surface area contributed by atoms with Crippen LogP contribution in [0.3, 0.4) is 0 Å². The zero-order chi connectivity index (χ0) is 21.0. The van der Waals surface area contributed by atoms with Crippen molar-refractivity contribution in [1.29, 1.82) is 0 Å². The molecule has 4 aliphatic rings. The molecule has 1 N–H and O–H groups in total. The zero-order valence-electron chi connectivity index (χ0n) is 20.1. The maximum Gasteiger partial charge on any atom is 0.159 e. The number of carbonyl (C=O) groups excluding carboxylic acids is 1. The van der Waals surface area contributed by atoms with Crippen molar-refractivity contribution in [3.8, 4) is 0 Å². The molecule has 4 rings (SSSR count). The van der Waals surface area contributed by atoms with Crippen LogP contribution in [0.15, 0.2) is 11.6 Å². The first kappa shape index (κ1) is 25.4. The van der Waals surface area contributed by atoms with Crippen molar-refractivity contribution in [3.63, 3.8) is 0 Å². The SMILES string of the molecule is CC(C)CCCC(C)[C@H]1CCC2C3C(=O)C=C4CC(O)CC[C@]4(C)C3CC[C@@]21C.[Ac]. The van der Waals surface area contributed by atoms with E-state index >= 15 is 0 Å². The first-order valence-electron chi connectivity index (χ1n) is 12.6. The van der Waals surface area contributed by atoms with Gasteiger partial charge in [-0.3, -0.25) is 4.79 Å². The molecule has 3 saturated carbocycles. The molecule has 30 heavy (non-hydrogen) atoms. The minimum absolute atomic E-state index is 0. The fourth-order valence-electron chi connectivity index (χ4n) is 8.41. The van der Waals surface area contributed by atoms with E-state index in [1.165, 1.54) is 50.5 Å². The quantitative estimate of drug-likeness (QED) is 0.375. The maximum atomic E-state index is 13.4. The number of fused-ring (bicyclic) bond motifs is 5. The molecule has 0 amide bonds. The predicted octanol–water partition coefficient (Wildman–Crippen LogP) is 6.57. The first-order chi connectivity index (χ1) is 13.7. The Morgan fingerprint density at radius 1 is 1.03 bits per heavy atom. The summed E-state index contributed by atoms with van der Waals surface area (Å²) in [6.45, 7) is 12.1. The van der Waals surface area contributed by atoms with E-state index in [1.54, 1.807) is 0 Å². The first-order valence-corrected chi connectivity index (χ1v) is 12.6. The molecule has 167 valence electrons. The maximum absolute atomic E-state index is 13.4. The van der Waals surface area contributed by atoms with Crippen LogP contribution in [0.1, 0.15) is 98.8 Å². The van der Waals surface area contributed by atoms with Gasteiger partial charge in [-0.05, 0) is 91.4 Å². The zero-order valence-corrected chi connectivity index (χ0v) is 24.9. The van der Waals surface area contributed by atoms with E-state index in [2.05, 4.69) is 34.6 Å². The van der Waals surface area contributed by atoms with Gasteiger partial charge < -0.3 is 5.11 Å². The molecule has 0 aromatic carbocycles. The van der Waals surface area contributed by atoms with Gasteiger partial charge in [-0.2, -0.15) is 0 Å². The Kier molecular flexibility index (Phi) is 8.13. The summed E-state index contributed by atoms with van der Waals surface area (Å²) < 4.78 is 0. The minimum Gasteiger partial charge on any atom is -0.393 e. The largest absolute Gasteiger partial charge is 0.393 e. The van der Waals surface area contributed by atoms with E-state index in [0.29, 0.717) is 23.0 Å². The molecule has 0 bridgehead atoms. The number of carbonyl (C=O) groups is 1. The molecule has 0 saturated heterocycles. The molecule has 8 atom stereocenters. The standard InChI is InChI=1S/C27H44O2.Ac/c1-17(2)7-6-8-18(3)21-9-10-22-25-23(12-14-27(21,22)5)26(4)13-11-20(28)15-19(26)16-24(25)29;/h16-18,20-23,25,28H,6-15H2,1-5H3;/t18?,20?,21-,22?,23?,25?,26+,27-;/m1./s1. The molecule has 5 unspecified atom stereocenters. The monoisotopic (exact) mass is 627 g/mol. The van der Waals surface area contributed by atoms with Crippen molar-refractivity contribution in [2.24, 2.45) is 46.3 Å². The van der Waals surface area contributed by atoms with Crippen molar-refractivity contribution in [3.05, 3.63) is 11.6 Å². The van der Waals surface area contributed by atoms with Gasteiger partial charge in [0.15, 0.2) is 5.78 Å². The van der Waals surface area contributed by atoms with Gasteiger partial charge in [-0.15, -0.1) is 0 Å². The molecule has 3 heteroatoms. The number of hydrogen-bond acceptors (Lipinski definition) is 2. The summed E-state index contributed by atoms with van der Waals surface area (Å²) in [4.78, 5) is 13.4. The molecule has 0 aromatic heterocycles. The van der Waals surface area contributed by atoms with Crippen molar-refractivity contribution < 1.29 is 54.0 Å². The summed E-state index contributed by atoms with van der Waals surface area (Å²) in [5, 5.41) is 10.2. The summed E-state index contributed by atoms with van der Waals surface area (Å²) in [6.07, 6.45) is 13.6. The molecular formula is C27H44AcO2. The normalized spacial score (nSPS) is 43.9. The second-order valence-corrected chi connectivity index (χ2v) is 12.2. The number of aliphatic hydroxyl groups is 1. The van der Waals surface area contributed by atoms with Gasteiger partial charge >= 0.3 is 0 Å². The van der Waals surface area contributed by atoms with Gasteiger partial charge in [-0.25, -0.2) is 0 Å². The number of aliphatic hydroxyl groups excluding tert-OH is 1. The van der Waals surface area contributed by atoms with Crippen LogP contribution in [0.25, 0.3) is 0 Å². The molecule has 0 heterocycles. The van der Waals surface area contributed by atoms with Crippen LogP contribution in [0.2, 0.25) is 0 Å². The van der Waals surface area contributed by atoms with Crippen LogP contribution in [-0.2, 0) is 4.79 Å². The third-order valence-electron chi connectivity index (χ3n) is 10.1. The Labute approximate surface area is 221 Å². The van der Waals surface area contributed by atoms with Gasteiger partial charge in [0.1, 0.15) is 0 Å². The Bertz CT molecular complexity index is 670. The number of allylic oxidation sites excluding steroid dienone is 1. The minimum atomic E-state index is -0.241. The van der Waals surface area contributed by atoms with E-state index in [-0.39, 0.29) is 61.5 Å². The van der Waals surface area contributed by atoms with Gasteiger partial charge in [-0.1, -0.05) is 59.5 Å². The third-order valence-corrected chi connectivity index (χ3v) is 10.1. The average molecular weight is 628 g/mol. The number of hydrogen-bond donors (Lipinski definition) is 1. The second kappa shape index (κ2) is 9.59. The van der Waals surface area contributed by atoms with Crippen molar-refractivity contribution in [2.45, 2.75) is 105 Å². The Morgan fingerprint density at radius 2 is 1.77 bits per heavy atom. The topological polar surface area (TPSA) is 37.3 Å². The van der Waals surface area contributed by atoms with E-state index < -0.39 is 0 Å². The summed E-state index contributed by atoms with van der Waals surface area (Å²) in [5.74, 6) is 4.11. The molecule has 0 aliphatic heterocycles. The molecular weight excluding hydrogens is 583 g/mol. The Morgan fingerprint density at radius 3 is 2.47 bits per heavy atom. The van der Waals surface area contributed by atoms with Crippen LogP contribution in [-0.4, -0.2) is 17.0 Å². The summed E-state index contributed by atoms with van der Waals surface area (Å²) in [7, 11) is 0. The number of rotatable bonds is 5. The summed E-state index contributed by atoms with van der Waals surface area (Å²) >= 11 is 0. The van der Waals surface area contributed by atoms with E-state index in [4.69, 9.17) is 0 Å². The molecule has 0 spiro atoms. The average Bonchev–Trinajstić information content (AvgIpc) is 3.00. The van der Waals surface area contributed by atoms with Crippen molar-refractivity contribution in [1.82, 2.24) is 0 Å². The van der Waals surface area contributed by atoms with Gasteiger partial charge in [0.05, 0.1) is 6.10 Å². The molecule has 3 fully saturated rings. The van der Waals surface area contributed by atoms with Gasteiger partial charge in [0.25, 0.3) is 0 Å². The summed E-state index contributed by atoms with van der Waals surface area (Å²) in [5.41, 5.74) is 1.77. The molecule has 0 aromatic rings. The molecule has 2 nitrogen and oxygen atoms in total. The van der Waals surface area contributed by atoms with Crippen LogP contribution >= 0.6 is 0 Å². The number of ketones is 1. The fraction of sp³-hybridized carbons (Fsp3) is 0.889. The molecule has 4 aliphatic carbocycles. The van der Waals surface area contributed by atoms with Crippen LogP contribution in [0.4, 0.5) is 0 Å². The predicted molar refractivity (Wildman–Crippen MR) is 119 cm³/mol. The van der Waals surface area contributed by atoms with E-state index in [0.717, 1.165) is 37.0 Å². The Hall–Kier alpha value is 0.812. The van der Waals surface area contributed by atoms with Gasteiger partial charge in [0, 0.05) is 50.0 Å². The van der Waals surface area contributed by atoms with E-state index in [1.807, 2.05) is 6.08 Å².